The van der Waals surface area contributed by atoms with Crippen LogP contribution in [-0.2, 0) is 9.47 Å². The van der Waals surface area contributed by atoms with Crippen molar-refractivity contribution in [2.24, 2.45) is 0 Å². The van der Waals surface area contributed by atoms with Crippen molar-refractivity contribution in [3.05, 3.63) is 33.9 Å². The van der Waals surface area contributed by atoms with Gasteiger partial charge >= 0.3 is 5.97 Å². The predicted molar refractivity (Wildman–Crippen MR) is 71.9 cm³/mol. The molecule has 1 unspecified atom stereocenters. The Morgan fingerprint density at radius 1 is 1.60 bits per heavy atom. The van der Waals surface area contributed by atoms with Crippen LogP contribution in [0.15, 0.2) is 18.2 Å². The zero-order valence-corrected chi connectivity index (χ0v) is 11.1. The Bertz CT molecular complexity index is 511. The average Bonchev–Trinajstić information content (AvgIpc) is 2.97. The number of nitrogens with zero attached hydrogens (tertiary/aromatic N) is 1. The van der Waals surface area contributed by atoms with Gasteiger partial charge < -0.3 is 14.8 Å². The van der Waals surface area contributed by atoms with Crippen LogP contribution in [0.2, 0.25) is 0 Å². The number of methoxy groups -OCH3 is 1. The lowest BCUT2D eigenvalue weighted by Gasteiger charge is -2.12. The first-order chi connectivity index (χ1) is 9.61. The Kier molecular flexibility index (Phi) is 4.52. The second kappa shape index (κ2) is 6.33. The van der Waals surface area contributed by atoms with E-state index in [9.17, 15) is 14.9 Å². The van der Waals surface area contributed by atoms with E-state index in [1.807, 2.05) is 0 Å². The normalized spacial score (nSPS) is 17.8. The van der Waals surface area contributed by atoms with Crippen LogP contribution >= 0.6 is 0 Å². The summed E-state index contributed by atoms with van der Waals surface area (Å²) in [5, 5.41) is 14.1. The number of carbonyl (C=O) groups is 1. The number of nitro benzene ring substituents is 1. The molecule has 0 saturated carbocycles. The van der Waals surface area contributed by atoms with E-state index in [2.05, 4.69) is 10.1 Å². The Balaban J connectivity index is 2.14. The van der Waals surface area contributed by atoms with Gasteiger partial charge in [-0.25, -0.2) is 4.79 Å². The molecule has 0 spiro atoms. The molecule has 1 aliphatic heterocycles. The molecule has 1 atom stereocenters. The van der Waals surface area contributed by atoms with Gasteiger partial charge in [0, 0.05) is 19.2 Å². The molecular formula is C13H16N2O5. The average molecular weight is 280 g/mol. The van der Waals surface area contributed by atoms with Gasteiger partial charge in [-0.1, -0.05) is 0 Å². The van der Waals surface area contributed by atoms with Gasteiger partial charge in [0.15, 0.2) is 0 Å². The standard InChI is InChI=1S/C13H16N2O5/c1-19-13(16)9-4-5-11(12(7-9)15(17)18)14-8-10-3-2-6-20-10/h4-5,7,10,14H,2-3,6,8H2,1H3. The molecule has 1 heterocycles. The Labute approximate surface area is 116 Å². The highest BCUT2D eigenvalue weighted by atomic mass is 16.6. The maximum absolute atomic E-state index is 11.4. The summed E-state index contributed by atoms with van der Waals surface area (Å²) < 4.78 is 10.00. The third-order valence-electron chi connectivity index (χ3n) is 3.16. The quantitative estimate of drug-likeness (QED) is 0.504. The minimum Gasteiger partial charge on any atom is -0.465 e. The summed E-state index contributed by atoms with van der Waals surface area (Å²) >= 11 is 0. The summed E-state index contributed by atoms with van der Waals surface area (Å²) in [5.74, 6) is -0.598. The van der Waals surface area contributed by atoms with Crippen molar-refractivity contribution < 1.29 is 19.2 Å². The second-order valence-electron chi connectivity index (χ2n) is 4.50. The first-order valence-corrected chi connectivity index (χ1v) is 6.34. The number of ether oxygens (including phenoxy) is 2. The van der Waals surface area contributed by atoms with E-state index in [-0.39, 0.29) is 17.4 Å². The monoisotopic (exact) mass is 280 g/mol. The molecule has 20 heavy (non-hydrogen) atoms. The number of hydrogen-bond donors (Lipinski definition) is 1. The van der Waals surface area contributed by atoms with E-state index in [0.29, 0.717) is 12.2 Å². The minimum absolute atomic E-state index is 0.0786. The number of nitrogens with one attached hydrogen (secondary N) is 1. The summed E-state index contributed by atoms with van der Waals surface area (Å²) in [4.78, 5) is 21.9. The summed E-state index contributed by atoms with van der Waals surface area (Å²) in [6, 6.07) is 4.22. The van der Waals surface area contributed by atoms with Gasteiger partial charge in [0.25, 0.3) is 5.69 Å². The molecule has 0 aliphatic carbocycles. The van der Waals surface area contributed by atoms with Crippen LogP contribution in [0.3, 0.4) is 0 Å². The number of benzene rings is 1. The molecule has 7 nitrogen and oxygen atoms in total. The fraction of sp³-hybridized carbons (Fsp3) is 0.462. The number of esters is 1. The third-order valence-corrected chi connectivity index (χ3v) is 3.16. The van der Waals surface area contributed by atoms with Crippen molar-refractivity contribution >= 4 is 17.3 Å². The summed E-state index contributed by atoms with van der Waals surface area (Å²) in [6.45, 7) is 1.24. The highest BCUT2D eigenvalue weighted by Crippen LogP contribution is 2.26. The topological polar surface area (TPSA) is 90.7 Å². The second-order valence-corrected chi connectivity index (χ2v) is 4.50. The van der Waals surface area contributed by atoms with E-state index in [4.69, 9.17) is 4.74 Å². The first-order valence-electron chi connectivity index (χ1n) is 6.34. The Morgan fingerprint density at radius 2 is 2.40 bits per heavy atom. The molecule has 1 aromatic carbocycles. The van der Waals surface area contributed by atoms with E-state index >= 15 is 0 Å². The van der Waals surface area contributed by atoms with Gasteiger partial charge in [-0.3, -0.25) is 10.1 Å². The van der Waals surface area contributed by atoms with Crippen LogP contribution in [0.1, 0.15) is 23.2 Å². The van der Waals surface area contributed by atoms with Gasteiger partial charge in [-0.05, 0) is 25.0 Å². The predicted octanol–water partition coefficient (Wildman–Crippen LogP) is 1.97. The molecule has 1 fully saturated rings. The van der Waals surface area contributed by atoms with Crippen molar-refractivity contribution in [3.63, 3.8) is 0 Å². The van der Waals surface area contributed by atoms with Gasteiger partial charge in [-0.15, -0.1) is 0 Å². The lowest BCUT2D eigenvalue weighted by Crippen LogP contribution is -2.19. The van der Waals surface area contributed by atoms with Crippen molar-refractivity contribution in [3.8, 4) is 0 Å². The Morgan fingerprint density at radius 3 is 3.00 bits per heavy atom. The van der Waals surface area contributed by atoms with E-state index in [1.54, 1.807) is 0 Å². The fourth-order valence-corrected chi connectivity index (χ4v) is 2.11. The number of hydrogen-bond acceptors (Lipinski definition) is 6. The van der Waals surface area contributed by atoms with Gasteiger partial charge in [-0.2, -0.15) is 0 Å². The van der Waals surface area contributed by atoms with Crippen molar-refractivity contribution in [2.45, 2.75) is 18.9 Å². The van der Waals surface area contributed by atoms with Crippen LogP contribution in [0, 0.1) is 10.1 Å². The molecule has 7 heteroatoms. The first kappa shape index (κ1) is 14.3. The molecule has 1 aromatic rings. The highest BCUT2D eigenvalue weighted by Gasteiger charge is 2.20. The summed E-state index contributed by atoms with van der Waals surface area (Å²) in [5.41, 5.74) is 0.380. The van der Waals surface area contributed by atoms with Gasteiger partial charge in [0.1, 0.15) is 5.69 Å². The maximum atomic E-state index is 11.4. The molecule has 1 N–H and O–H groups in total. The fourth-order valence-electron chi connectivity index (χ4n) is 2.11. The lowest BCUT2D eigenvalue weighted by molar-refractivity contribution is -0.384. The molecular weight excluding hydrogens is 264 g/mol. The van der Waals surface area contributed by atoms with Crippen LogP contribution in [-0.4, -0.2) is 37.3 Å². The SMILES string of the molecule is COC(=O)c1ccc(NCC2CCCO2)c([N+](=O)[O-])c1. The minimum atomic E-state index is -0.598. The zero-order chi connectivity index (χ0) is 14.5. The summed E-state index contributed by atoms with van der Waals surface area (Å²) in [6.07, 6.45) is 2.03. The van der Waals surface area contributed by atoms with Crippen molar-refractivity contribution in [1.82, 2.24) is 0 Å². The lowest BCUT2D eigenvalue weighted by atomic mass is 10.1. The van der Waals surface area contributed by atoms with E-state index < -0.39 is 10.9 Å². The molecule has 0 bridgehead atoms. The molecule has 0 aromatic heterocycles. The van der Waals surface area contributed by atoms with Crippen molar-refractivity contribution in [2.75, 3.05) is 25.6 Å². The largest absolute Gasteiger partial charge is 0.465 e. The van der Waals surface area contributed by atoms with Crippen LogP contribution in [0.5, 0.6) is 0 Å². The van der Waals surface area contributed by atoms with E-state index in [1.165, 1.54) is 25.3 Å². The van der Waals surface area contributed by atoms with Gasteiger partial charge in [0.2, 0.25) is 0 Å². The molecule has 1 aliphatic rings. The number of carbonyl (C=O) groups excluding carboxylic acids is 1. The zero-order valence-electron chi connectivity index (χ0n) is 11.1. The number of nitro groups is 1. The molecule has 1 saturated heterocycles. The summed E-state index contributed by atoms with van der Waals surface area (Å²) in [7, 11) is 1.23. The van der Waals surface area contributed by atoms with E-state index in [0.717, 1.165) is 19.4 Å². The van der Waals surface area contributed by atoms with Crippen LogP contribution in [0.4, 0.5) is 11.4 Å². The molecule has 0 radical (unpaired) electrons. The Hall–Kier alpha value is -2.15. The van der Waals surface area contributed by atoms with Crippen LogP contribution in [0.25, 0.3) is 0 Å². The highest BCUT2D eigenvalue weighted by molar-refractivity contribution is 5.91. The molecule has 108 valence electrons. The number of rotatable bonds is 5. The number of anilines is 1. The maximum Gasteiger partial charge on any atom is 0.338 e. The van der Waals surface area contributed by atoms with Crippen LogP contribution < -0.4 is 5.32 Å². The molecule has 0 amide bonds. The smallest absolute Gasteiger partial charge is 0.338 e. The third kappa shape index (κ3) is 3.24. The van der Waals surface area contributed by atoms with Gasteiger partial charge in [0.05, 0.1) is 23.7 Å². The molecule has 2 rings (SSSR count). The van der Waals surface area contributed by atoms with Crippen molar-refractivity contribution in [1.29, 1.82) is 0 Å².